The number of hydrogen-bond acceptors (Lipinski definition) is 4. The molecular weight excluding hydrogens is 200 g/mol. The number of nitrogens with zero attached hydrogens (tertiary/aromatic N) is 1. The van der Waals surface area contributed by atoms with E-state index in [-0.39, 0.29) is 0 Å². The van der Waals surface area contributed by atoms with Gasteiger partial charge < -0.3 is 0 Å². The van der Waals surface area contributed by atoms with Crippen molar-refractivity contribution in [1.29, 1.82) is 0 Å². The van der Waals surface area contributed by atoms with Crippen LogP contribution in [-0.4, -0.2) is 16.8 Å². The number of aromatic nitrogens is 1. The van der Waals surface area contributed by atoms with Crippen molar-refractivity contribution in [3.63, 3.8) is 0 Å². The first-order valence-electron chi connectivity index (χ1n) is 4.56. The molecule has 2 rings (SSSR count). The molecule has 0 aromatic carbocycles. The third kappa shape index (κ3) is 2.24. The van der Waals surface area contributed by atoms with Crippen LogP contribution in [0.5, 0.6) is 0 Å². The van der Waals surface area contributed by atoms with Gasteiger partial charge in [0.1, 0.15) is 10.4 Å². The molecule has 1 N–H and O–H groups in total. The molecule has 0 spiro atoms. The van der Waals surface area contributed by atoms with E-state index in [4.69, 9.17) is 0 Å². The van der Waals surface area contributed by atoms with Crippen LogP contribution in [0.3, 0.4) is 0 Å². The molecule has 1 saturated heterocycles. The van der Waals surface area contributed by atoms with Crippen LogP contribution in [0.1, 0.15) is 29.4 Å². The van der Waals surface area contributed by atoms with Crippen LogP contribution in [0.4, 0.5) is 0 Å². The second kappa shape index (κ2) is 3.98. The van der Waals surface area contributed by atoms with Gasteiger partial charge in [0.15, 0.2) is 0 Å². The third-order valence-electron chi connectivity index (χ3n) is 2.11. The van der Waals surface area contributed by atoms with Crippen LogP contribution in [0.25, 0.3) is 0 Å². The summed E-state index contributed by atoms with van der Waals surface area (Å²) in [6.07, 6.45) is 1.27. The zero-order chi connectivity index (χ0) is 9.26. The second-order valence-electron chi connectivity index (χ2n) is 3.40. The molecule has 2 heterocycles. The van der Waals surface area contributed by atoms with Gasteiger partial charge in [-0.1, -0.05) is 6.92 Å². The summed E-state index contributed by atoms with van der Waals surface area (Å²) in [5.74, 6) is 0. The van der Waals surface area contributed by atoms with Gasteiger partial charge in [-0.05, 0) is 19.9 Å². The van der Waals surface area contributed by atoms with E-state index in [1.165, 1.54) is 11.4 Å². The molecule has 0 saturated carbocycles. The van der Waals surface area contributed by atoms with Gasteiger partial charge in [-0.25, -0.2) is 4.98 Å². The predicted octanol–water partition coefficient (Wildman–Crippen LogP) is 2.57. The standard InChI is InChI=1S/C9H14N2S2/c1-6-5-12-9(11-6)8-10-4-3-7(2)13-8/h5,7-8,10H,3-4H2,1-2H3. The lowest BCUT2D eigenvalue weighted by Gasteiger charge is -2.26. The van der Waals surface area contributed by atoms with E-state index in [2.05, 4.69) is 29.5 Å². The molecule has 2 nitrogen and oxygen atoms in total. The molecule has 0 bridgehead atoms. The number of hydrogen-bond donors (Lipinski definition) is 1. The minimum Gasteiger partial charge on any atom is -0.300 e. The quantitative estimate of drug-likeness (QED) is 0.777. The zero-order valence-corrected chi connectivity index (χ0v) is 9.54. The maximum Gasteiger partial charge on any atom is 0.120 e. The molecule has 2 atom stereocenters. The highest BCUT2D eigenvalue weighted by molar-refractivity contribution is 8.00. The van der Waals surface area contributed by atoms with E-state index in [0.717, 1.165) is 17.5 Å². The molecule has 1 aromatic rings. The summed E-state index contributed by atoms with van der Waals surface area (Å²) in [4.78, 5) is 4.50. The Morgan fingerprint density at radius 3 is 3.08 bits per heavy atom. The fourth-order valence-corrected chi connectivity index (χ4v) is 3.59. The smallest absolute Gasteiger partial charge is 0.120 e. The fraction of sp³-hybridized carbons (Fsp3) is 0.667. The van der Waals surface area contributed by atoms with Crippen LogP contribution in [-0.2, 0) is 0 Å². The lowest BCUT2D eigenvalue weighted by atomic mass is 10.3. The van der Waals surface area contributed by atoms with Gasteiger partial charge in [0, 0.05) is 16.3 Å². The maximum atomic E-state index is 4.50. The van der Waals surface area contributed by atoms with Crippen molar-refractivity contribution in [3.8, 4) is 0 Å². The Hall–Kier alpha value is -0.0600. The van der Waals surface area contributed by atoms with Crippen LogP contribution >= 0.6 is 23.1 Å². The average Bonchev–Trinajstić information content (AvgIpc) is 2.52. The van der Waals surface area contributed by atoms with Gasteiger partial charge in [0.25, 0.3) is 0 Å². The number of aryl methyl sites for hydroxylation is 1. The Kier molecular flexibility index (Phi) is 2.91. The molecule has 0 amide bonds. The van der Waals surface area contributed by atoms with Crippen molar-refractivity contribution < 1.29 is 0 Å². The van der Waals surface area contributed by atoms with Crippen molar-refractivity contribution >= 4 is 23.1 Å². The van der Waals surface area contributed by atoms with Crippen LogP contribution < -0.4 is 5.32 Å². The highest BCUT2D eigenvalue weighted by Crippen LogP contribution is 2.35. The minimum atomic E-state index is 0.433. The summed E-state index contributed by atoms with van der Waals surface area (Å²) >= 11 is 3.75. The molecule has 0 radical (unpaired) electrons. The van der Waals surface area contributed by atoms with Crippen molar-refractivity contribution in [2.75, 3.05) is 6.54 Å². The van der Waals surface area contributed by atoms with Gasteiger partial charge in [0.05, 0.1) is 0 Å². The molecule has 13 heavy (non-hydrogen) atoms. The summed E-state index contributed by atoms with van der Waals surface area (Å²) < 4.78 is 0. The number of rotatable bonds is 1. The van der Waals surface area contributed by atoms with E-state index in [1.54, 1.807) is 11.3 Å². The number of thiazole rings is 1. The molecule has 1 aliphatic rings. The highest BCUT2D eigenvalue weighted by Gasteiger charge is 2.22. The van der Waals surface area contributed by atoms with E-state index in [9.17, 15) is 0 Å². The molecular formula is C9H14N2S2. The van der Waals surface area contributed by atoms with E-state index in [1.807, 2.05) is 11.8 Å². The Labute approximate surface area is 87.1 Å². The van der Waals surface area contributed by atoms with Crippen molar-refractivity contribution in [2.24, 2.45) is 0 Å². The van der Waals surface area contributed by atoms with Crippen molar-refractivity contribution in [1.82, 2.24) is 10.3 Å². The first-order chi connectivity index (χ1) is 6.25. The second-order valence-corrected chi connectivity index (χ2v) is 5.83. The SMILES string of the molecule is Cc1csc(C2NCCC(C)S2)n1. The number of nitrogens with one attached hydrogen (secondary N) is 1. The summed E-state index contributed by atoms with van der Waals surface area (Å²) in [6, 6.07) is 0. The largest absolute Gasteiger partial charge is 0.300 e. The topological polar surface area (TPSA) is 24.9 Å². The minimum absolute atomic E-state index is 0.433. The Bertz CT molecular complexity index is 285. The van der Waals surface area contributed by atoms with Crippen LogP contribution in [0.2, 0.25) is 0 Å². The summed E-state index contributed by atoms with van der Waals surface area (Å²) in [7, 11) is 0. The summed E-state index contributed by atoms with van der Waals surface area (Å²) in [5, 5.41) is 8.03. The lowest BCUT2D eigenvalue weighted by Crippen LogP contribution is -2.28. The summed E-state index contributed by atoms with van der Waals surface area (Å²) in [5.41, 5.74) is 1.14. The predicted molar refractivity (Wildman–Crippen MR) is 59.3 cm³/mol. The Balaban J connectivity index is 2.08. The first kappa shape index (κ1) is 9.49. The Morgan fingerprint density at radius 1 is 1.62 bits per heavy atom. The van der Waals surface area contributed by atoms with Gasteiger partial charge >= 0.3 is 0 Å². The number of thioether (sulfide) groups is 1. The molecule has 1 aromatic heterocycles. The molecule has 2 unspecified atom stereocenters. The van der Waals surface area contributed by atoms with Gasteiger partial charge in [-0.2, -0.15) is 0 Å². The molecule has 72 valence electrons. The maximum absolute atomic E-state index is 4.50. The van der Waals surface area contributed by atoms with E-state index in [0.29, 0.717) is 5.37 Å². The van der Waals surface area contributed by atoms with Gasteiger partial charge in [0.2, 0.25) is 0 Å². The zero-order valence-electron chi connectivity index (χ0n) is 7.91. The lowest BCUT2D eigenvalue weighted by molar-refractivity contribution is 0.603. The van der Waals surface area contributed by atoms with Gasteiger partial charge in [-0.3, -0.25) is 5.32 Å². The Morgan fingerprint density at radius 2 is 2.46 bits per heavy atom. The monoisotopic (exact) mass is 214 g/mol. The average molecular weight is 214 g/mol. The van der Waals surface area contributed by atoms with Crippen LogP contribution in [0, 0.1) is 6.92 Å². The molecule has 4 heteroatoms. The molecule has 0 aliphatic carbocycles. The van der Waals surface area contributed by atoms with Crippen molar-refractivity contribution in [3.05, 3.63) is 16.1 Å². The normalized spacial score (nSPS) is 29.1. The fourth-order valence-electron chi connectivity index (χ4n) is 1.40. The third-order valence-corrected chi connectivity index (χ3v) is 4.65. The van der Waals surface area contributed by atoms with Crippen LogP contribution in [0.15, 0.2) is 5.38 Å². The molecule has 1 fully saturated rings. The molecule has 1 aliphatic heterocycles. The van der Waals surface area contributed by atoms with E-state index < -0.39 is 0 Å². The van der Waals surface area contributed by atoms with Crippen molar-refractivity contribution in [2.45, 2.75) is 30.9 Å². The first-order valence-corrected chi connectivity index (χ1v) is 6.39. The van der Waals surface area contributed by atoms with E-state index >= 15 is 0 Å². The summed E-state index contributed by atoms with van der Waals surface area (Å²) in [6.45, 7) is 5.47. The highest BCUT2D eigenvalue weighted by atomic mass is 32.2. The van der Waals surface area contributed by atoms with Gasteiger partial charge in [-0.15, -0.1) is 23.1 Å².